The van der Waals surface area contributed by atoms with E-state index in [1.54, 1.807) is 0 Å². The second kappa shape index (κ2) is 8.98. The maximum absolute atomic E-state index is 13.1. The number of carbonyl (C=O) groups excluding carboxylic acids is 2. The summed E-state index contributed by atoms with van der Waals surface area (Å²) in [6, 6.07) is 20.8. The van der Waals surface area contributed by atoms with Gasteiger partial charge in [-0.1, -0.05) is 60.7 Å². The number of benzene rings is 2. The zero-order chi connectivity index (χ0) is 21.9. The molecule has 162 valence electrons. The Labute approximate surface area is 187 Å². The number of nitrogens with zero attached hydrogens (tertiary/aromatic N) is 5. The fraction of sp³-hybridized carbons (Fsp3) is 0.280. The van der Waals surface area contributed by atoms with Crippen LogP contribution < -0.4 is 4.90 Å². The van der Waals surface area contributed by atoms with E-state index in [1.807, 2.05) is 12.1 Å². The number of rotatable bonds is 5. The normalized spacial score (nSPS) is 20.3. The third-order valence-electron chi connectivity index (χ3n) is 6.29. The van der Waals surface area contributed by atoms with Crippen LogP contribution in [0.5, 0.6) is 0 Å². The minimum Gasteiger partial charge on any atom is -0.290 e. The van der Waals surface area contributed by atoms with Gasteiger partial charge in [-0.2, -0.15) is 0 Å². The number of carbonyl (C=O) groups is 2. The van der Waals surface area contributed by atoms with Crippen molar-refractivity contribution in [3.8, 4) is 0 Å². The van der Waals surface area contributed by atoms with E-state index in [0.29, 0.717) is 5.82 Å². The Morgan fingerprint density at radius 1 is 0.812 bits per heavy atom. The number of aromatic nitrogens is 2. The molecule has 0 aliphatic carbocycles. The number of imide groups is 1. The highest BCUT2D eigenvalue weighted by atomic mass is 16.2. The predicted molar refractivity (Wildman–Crippen MR) is 121 cm³/mol. The highest BCUT2D eigenvalue weighted by Gasteiger charge is 2.44. The molecule has 5 rings (SSSR count). The molecule has 0 radical (unpaired) electrons. The molecule has 2 aliphatic rings. The van der Waals surface area contributed by atoms with E-state index in [1.165, 1.54) is 34.6 Å². The zero-order valence-electron chi connectivity index (χ0n) is 17.7. The van der Waals surface area contributed by atoms with E-state index in [-0.39, 0.29) is 24.3 Å². The van der Waals surface area contributed by atoms with Crippen molar-refractivity contribution >= 4 is 17.6 Å². The van der Waals surface area contributed by atoms with Gasteiger partial charge in [0.15, 0.2) is 5.82 Å². The van der Waals surface area contributed by atoms with Crippen LogP contribution in [0.3, 0.4) is 0 Å². The van der Waals surface area contributed by atoms with E-state index in [9.17, 15) is 9.59 Å². The van der Waals surface area contributed by atoms with Crippen molar-refractivity contribution in [2.45, 2.75) is 18.5 Å². The lowest BCUT2D eigenvalue weighted by Crippen LogP contribution is -2.53. The van der Waals surface area contributed by atoms with Crippen LogP contribution in [0.25, 0.3) is 0 Å². The van der Waals surface area contributed by atoms with Crippen molar-refractivity contribution in [1.29, 1.82) is 0 Å². The summed E-state index contributed by atoms with van der Waals surface area (Å²) in [7, 11) is 0. The minimum atomic E-state index is -0.432. The third-order valence-corrected chi connectivity index (χ3v) is 6.29. The predicted octanol–water partition coefficient (Wildman–Crippen LogP) is 2.52. The lowest BCUT2D eigenvalue weighted by atomic mass is 9.96. The molecule has 0 bridgehead atoms. The second-order valence-electron chi connectivity index (χ2n) is 8.15. The summed E-state index contributed by atoms with van der Waals surface area (Å²) in [5.74, 6) is -0.113. The Kier molecular flexibility index (Phi) is 5.75. The molecule has 7 heteroatoms. The summed E-state index contributed by atoms with van der Waals surface area (Å²) in [5.41, 5.74) is 2.51. The Bertz CT molecular complexity index is 1030. The first kappa shape index (κ1) is 20.5. The van der Waals surface area contributed by atoms with Gasteiger partial charge in [0.25, 0.3) is 5.91 Å². The maximum atomic E-state index is 13.1. The monoisotopic (exact) mass is 427 g/mol. The zero-order valence-corrected chi connectivity index (χ0v) is 17.7. The van der Waals surface area contributed by atoms with E-state index in [2.05, 4.69) is 68.3 Å². The first-order chi connectivity index (χ1) is 15.7. The van der Waals surface area contributed by atoms with Crippen molar-refractivity contribution in [3.63, 3.8) is 0 Å². The minimum absolute atomic E-state index is 0.163. The fourth-order valence-corrected chi connectivity index (χ4v) is 4.74. The molecule has 1 unspecified atom stereocenters. The lowest BCUT2D eigenvalue weighted by Gasteiger charge is -2.41. The molecule has 2 fully saturated rings. The molecule has 2 amide bonds. The van der Waals surface area contributed by atoms with Gasteiger partial charge in [0.1, 0.15) is 0 Å². The summed E-state index contributed by atoms with van der Waals surface area (Å²) in [6.45, 7) is 3.09. The van der Waals surface area contributed by atoms with E-state index in [0.717, 1.165) is 26.2 Å². The molecule has 1 aromatic heterocycles. The molecular formula is C25H25N5O2. The molecule has 2 aliphatic heterocycles. The second-order valence-corrected chi connectivity index (χ2v) is 8.15. The van der Waals surface area contributed by atoms with E-state index in [4.69, 9.17) is 0 Å². The van der Waals surface area contributed by atoms with Crippen molar-refractivity contribution in [2.24, 2.45) is 0 Å². The van der Waals surface area contributed by atoms with Crippen molar-refractivity contribution < 1.29 is 9.59 Å². The van der Waals surface area contributed by atoms with Gasteiger partial charge in [-0.15, -0.1) is 0 Å². The molecule has 0 spiro atoms. The van der Waals surface area contributed by atoms with Crippen LogP contribution in [-0.4, -0.2) is 63.8 Å². The largest absolute Gasteiger partial charge is 0.290 e. The van der Waals surface area contributed by atoms with E-state index >= 15 is 0 Å². The summed E-state index contributed by atoms with van der Waals surface area (Å²) >= 11 is 0. The van der Waals surface area contributed by atoms with E-state index < -0.39 is 6.04 Å². The molecule has 1 atom stereocenters. The molecule has 3 heterocycles. The van der Waals surface area contributed by atoms with Gasteiger partial charge in [0.05, 0.1) is 24.7 Å². The quantitative estimate of drug-likeness (QED) is 0.583. The summed E-state index contributed by atoms with van der Waals surface area (Å²) in [6.07, 6.45) is 4.67. The van der Waals surface area contributed by atoms with Gasteiger partial charge in [-0.3, -0.25) is 24.4 Å². The Hall–Kier alpha value is -3.42. The van der Waals surface area contributed by atoms with Crippen LogP contribution in [0.4, 0.5) is 5.82 Å². The standard InChI is InChI=1S/C25H25N5O2/c31-23-17-21(25(32)30(23)22-18-26-11-12-27-22)28-13-15-29(16-14-28)24(19-7-3-1-4-8-19)20-9-5-2-6-10-20/h1-12,18,21,24H,13-17H2. The summed E-state index contributed by atoms with van der Waals surface area (Å²) in [4.78, 5) is 39.6. The van der Waals surface area contributed by atoms with Crippen molar-refractivity contribution in [1.82, 2.24) is 19.8 Å². The lowest BCUT2D eigenvalue weighted by molar-refractivity contribution is -0.123. The van der Waals surface area contributed by atoms with Crippen LogP contribution in [-0.2, 0) is 9.59 Å². The van der Waals surface area contributed by atoms with Gasteiger partial charge < -0.3 is 0 Å². The van der Waals surface area contributed by atoms with Crippen LogP contribution in [0.15, 0.2) is 79.3 Å². The molecule has 0 saturated carbocycles. The number of amides is 2. The average Bonchev–Trinajstić information content (AvgIpc) is 3.15. The summed E-state index contributed by atoms with van der Waals surface area (Å²) < 4.78 is 0. The molecule has 2 aromatic carbocycles. The highest BCUT2D eigenvalue weighted by molar-refractivity contribution is 6.21. The number of hydrogen-bond acceptors (Lipinski definition) is 6. The molecule has 3 aromatic rings. The average molecular weight is 428 g/mol. The van der Waals surface area contributed by atoms with Crippen LogP contribution in [0.1, 0.15) is 23.6 Å². The molecule has 0 N–H and O–H groups in total. The van der Waals surface area contributed by atoms with Gasteiger partial charge in [0.2, 0.25) is 5.91 Å². The Morgan fingerprint density at radius 3 is 2.00 bits per heavy atom. The third kappa shape index (κ3) is 3.92. The number of anilines is 1. The van der Waals surface area contributed by atoms with Crippen LogP contribution in [0, 0.1) is 0 Å². The van der Waals surface area contributed by atoms with Crippen molar-refractivity contribution in [3.05, 3.63) is 90.4 Å². The smallest absolute Gasteiger partial charge is 0.252 e. The SMILES string of the molecule is O=C1CC(N2CCN(C(c3ccccc3)c3ccccc3)CC2)C(=O)N1c1cnccn1. The Balaban J connectivity index is 1.31. The van der Waals surface area contributed by atoms with Crippen LogP contribution >= 0.6 is 0 Å². The number of hydrogen-bond donors (Lipinski definition) is 0. The Morgan fingerprint density at radius 2 is 1.44 bits per heavy atom. The first-order valence-electron chi connectivity index (χ1n) is 10.9. The molecule has 2 saturated heterocycles. The van der Waals surface area contributed by atoms with Gasteiger partial charge in [0, 0.05) is 38.6 Å². The maximum Gasteiger partial charge on any atom is 0.252 e. The fourth-order valence-electron chi connectivity index (χ4n) is 4.74. The first-order valence-corrected chi connectivity index (χ1v) is 10.9. The molecule has 32 heavy (non-hydrogen) atoms. The molecule has 7 nitrogen and oxygen atoms in total. The number of piperazine rings is 1. The van der Waals surface area contributed by atoms with Gasteiger partial charge in [-0.05, 0) is 11.1 Å². The summed E-state index contributed by atoms with van der Waals surface area (Å²) in [5, 5.41) is 0. The van der Waals surface area contributed by atoms with Gasteiger partial charge in [-0.25, -0.2) is 9.88 Å². The molecular weight excluding hydrogens is 402 g/mol. The topological polar surface area (TPSA) is 69.6 Å². The van der Waals surface area contributed by atoms with Crippen molar-refractivity contribution in [2.75, 3.05) is 31.1 Å². The van der Waals surface area contributed by atoms with Gasteiger partial charge >= 0.3 is 0 Å². The van der Waals surface area contributed by atoms with Crippen LogP contribution in [0.2, 0.25) is 0 Å². The highest BCUT2D eigenvalue weighted by Crippen LogP contribution is 2.31.